The molecule has 1 saturated carbocycles. The molecular weight excluding hydrogens is 220 g/mol. The Hall–Kier alpha value is -0.0800. The normalized spacial score (nSPS) is 31.7. The highest BCUT2D eigenvalue weighted by molar-refractivity contribution is 4.92. The van der Waals surface area contributed by atoms with Crippen LogP contribution in [0.15, 0.2) is 0 Å². The van der Waals surface area contributed by atoms with E-state index in [2.05, 4.69) is 46.6 Å². The fourth-order valence-corrected chi connectivity index (χ4v) is 3.29. The third kappa shape index (κ3) is 3.96. The maximum atomic E-state index is 6.38. The van der Waals surface area contributed by atoms with Gasteiger partial charge in [-0.05, 0) is 44.6 Å². The standard InChI is InChI=1S/C16H34N2/c1-7-8-13-9-10-14(17)15(11-13)18(6)12(2)16(3,4)5/h12-15H,7-11,17H2,1-6H3. The lowest BCUT2D eigenvalue weighted by Gasteiger charge is -2.46. The molecule has 0 spiro atoms. The number of nitrogens with zero attached hydrogens (tertiary/aromatic N) is 1. The summed E-state index contributed by atoms with van der Waals surface area (Å²) in [5.41, 5.74) is 6.70. The molecular formula is C16H34N2. The zero-order valence-electron chi connectivity index (χ0n) is 13.4. The van der Waals surface area contributed by atoms with E-state index < -0.39 is 0 Å². The summed E-state index contributed by atoms with van der Waals surface area (Å²) >= 11 is 0. The summed E-state index contributed by atoms with van der Waals surface area (Å²) in [5.74, 6) is 0.898. The lowest BCUT2D eigenvalue weighted by atomic mass is 9.78. The molecule has 0 aliphatic heterocycles. The predicted octanol–water partition coefficient (Wildman–Crippen LogP) is 3.65. The fraction of sp³-hybridized carbons (Fsp3) is 1.00. The molecule has 18 heavy (non-hydrogen) atoms. The van der Waals surface area contributed by atoms with Gasteiger partial charge in [0.15, 0.2) is 0 Å². The Labute approximate surface area is 114 Å². The molecule has 2 nitrogen and oxygen atoms in total. The smallest absolute Gasteiger partial charge is 0.0249 e. The molecule has 0 bridgehead atoms. The summed E-state index contributed by atoms with van der Waals surface area (Å²) in [5, 5.41) is 0. The average Bonchev–Trinajstić information content (AvgIpc) is 2.29. The zero-order valence-corrected chi connectivity index (χ0v) is 13.4. The van der Waals surface area contributed by atoms with Gasteiger partial charge in [-0.25, -0.2) is 0 Å². The highest BCUT2D eigenvalue weighted by atomic mass is 15.2. The first-order valence-corrected chi connectivity index (χ1v) is 7.74. The second-order valence-corrected chi connectivity index (χ2v) is 7.41. The summed E-state index contributed by atoms with van der Waals surface area (Å²) < 4.78 is 0. The van der Waals surface area contributed by atoms with Crippen molar-refractivity contribution in [2.45, 2.75) is 84.8 Å². The summed E-state index contributed by atoms with van der Waals surface area (Å²) in [7, 11) is 2.27. The van der Waals surface area contributed by atoms with Crippen molar-refractivity contribution in [1.82, 2.24) is 4.90 Å². The summed E-state index contributed by atoms with van der Waals surface area (Å²) in [6.45, 7) is 11.6. The molecule has 0 amide bonds. The van der Waals surface area contributed by atoms with E-state index in [4.69, 9.17) is 5.73 Å². The molecule has 1 aliphatic rings. The molecule has 1 fully saturated rings. The van der Waals surface area contributed by atoms with Gasteiger partial charge in [0.1, 0.15) is 0 Å². The van der Waals surface area contributed by atoms with Crippen LogP contribution < -0.4 is 5.73 Å². The molecule has 4 atom stereocenters. The van der Waals surface area contributed by atoms with Gasteiger partial charge in [0.05, 0.1) is 0 Å². The molecule has 0 aromatic carbocycles. The third-order valence-corrected chi connectivity index (χ3v) is 5.06. The van der Waals surface area contributed by atoms with Crippen LogP contribution in [0.3, 0.4) is 0 Å². The number of likely N-dealkylation sites (N-methyl/N-ethyl adjacent to an activating group) is 1. The van der Waals surface area contributed by atoms with Gasteiger partial charge in [0.2, 0.25) is 0 Å². The van der Waals surface area contributed by atoms with Gasteiger partial charge < -0.3 is 5.73 Å². The average molecular weight is 254 g/mol. The van der Waals surface area contributed by atoms with E-state index in [0.29, 0.717) is 23.5 Å². The van der Waals surface area contributed by atoms with Gasteiger partial charge in [0.25, 0.3) is 0 Å². The van der Waals surface area contributed by atoms with Crippen molar-refractivity contribution >= 4 is 0 Å². The van der Waals surface area contributed by atoms with Crippen molar-refractivity contribution in [1.29, 1.82) is 0 Å². The van der Waals surface area contributed by atoms with E-state index in [1.165, 1.54) is 32.1 Å². The van der Waals surface area contributed by atoms with Crippen LogP contribution in [0.1, 0.15) is 66.7 Å². The SMILES string of the molecule is CCCC1CCC(N)C(N(C)C(C)C(C)(C)C)C1. The first-order chi connectivity index (χ1) is 8.27. The maximum Gasteiger partial charge on any atom is 0.0249 e. The Morgan fingerprint density at radius 1 is 1.28 bits per heavy atom. The minimum absolute atomic E-state index is 0.326. The van der Waals surface area contributed by atoms with Crippen LogP contribution in [0, 0.1) is 11.3 Å². The maximum absolute atomic E-state index is 6.38. The number of hydrogen-bond donors (Lipinski definition) is 1. The van der Waals surface area contributed by atoms with Gasteiger partial charge in [-0.3, -0.25) is 4.90 Å². The first-order valence-electron chi connectivity index (χ1n) is 7.74. The van der Waals surface area contributed by atoms with Crippen LogP contribution in [0.5, 0.6) is 0 Å². The van der Waals surface area contributed by atoms with E-state index in [9.17, 15) is 0 Å². The van der Waals surface area contributed by atoms with Gasteiger partial charge in [0, 0.05) is 18.1 Å². The summed E-state index contributed by atoms with van der Waals surface area (Å²) in [6, 6.07) is 1.52. The Balaban J connectivity index is 2.67. The molecule has 1 rings (SSSR count). The van der Waals surface area contributed by atoms with Crippen LogP contribution in [-0.4, -0.2) is 30.1 Å². The predicted molar refractivity (Wildman–Crippen MR) is 80.7 cm³/mol. The van der Waals surface area contributed by atoms with E-state index in [-0.39, 0.29) is 0 Å². The molecule has 0 radical (unpaired) electrons. The Morgan fingerprint density at radius 2 is 1.89 bits per heavy atom. The van der Waals surface area contributed by atoms with E-state index >= 15 is 0 Å². The topological polar surface area (TPSA) is 29.3 Å². The lowest BCUT2D eigenvalue weighted by Crippen LogP contribution is -2.55. The Kier molecular flexibility index (Phi) is 5.67. The van der Waals surface area contributed by atoms with Gasteiger partial charge in [-0.1, -0.05) is 40.5 Å². The Morgan fingerprint density at radius 3 is 2.39 bits per heavy atom. The van der Waals surface area contributed by atoms with E-state index in [1.54, 1.807) is 0 Å². The number of nitrogens with two attached hydrogens (primary N) is 1. The minimum Gasteiger partial charge on any atom is -0.326 e. The largest absolute Gasteiger partial charge is 0.326 e. The van der Waals surface area contributed by atoms with Crippen molar-refractivity contribution in [2.24, 2.45) is 17.1 Å². The fourth-order valence-electron chi connectivity index (χ4n) is 3.29. The van der Waals surface area contributed by atoms with Crippen molar-refractivity contribution in [3.05, 3.63) is 0 Å². The molecule has 2 N–H and O–H groups in total. The van der Waals surface area contributed by atoms with Crippen molar-refractivity contribution in [3.8, 4) is 0 Å². The van der Waals surface area contributed by atoms with E-state index in [0.717, 1.165) is 5.92 Å². The number of rotatable bonds is 4. The highest BCUT2D eigenvalue weighted by Crippen LogP contribution is 2.33. The monoisotopic (exact) mass is 254 g/mol. The van der Waals surface area contributed by atoms with Crippen molar-refractivity contribution < 1.29 is 0 Å². The quantitative estimate of drug-likeness (QED) is 0.830. The summed E-state index contributed by atoms with van der Waals surface area (Å²) in [6.07, 6.45) is 6.53. The van der Waals surface area contributed by atoms with Crippen molar-refractivity contribution in [3.63, 3.8) is 0 Å². The van der Waals surface area contributed by atoms with Crippen LogP contribution in [0.4, 0.5) is 0 Å². The van der Waals surface area contributed by atoms with Crippen LogP contribution in [-0.2, 0) is 0 Å². The molecule has 0 aromatic rings. The molecule has 0 heterocycles. The van der Waals surface area contributed by atoms with Crippen LogP contribution in [0.2, 0.25) is 0 Å². The first kappa shape index (κ1) is 16.0. The van der Waals surface area contributed by atoms with Crippen LogP contribution in [0.25, 0.3) is 0 Å². The van der Waals surface area contributed by atoms with E-state index in [1.807, 2.05) is 0 Å². The molecule has 1 aliphatic carbocycles. The third-order valence-electron chi connectivity index (χ3n) is 5.06. The second kappa shape index (κ2) is 6.38. The molecule has 0 saturated heterocycles. The molecule has 0 aromatic heterocycles. The molecule has 2 heteroatoms. The highest BCUT2D eigenvalue weighted by Gasteiger charge is 2.35. The van der Waals surface area contributed by atoms with Crippen molar-refractivity contribution in [2.75, 3.05) is 7.05 Å². The van der Waals surface area contributed by atoms with Gasteiger partial charge in [-0.2, -0.15) is 0 Å². The lowest BCUT2D eigenvalue weighted by molar-refractivity contribution is 0.0521. The summed E-state index contributed by atoms with van der Waals surface area (Å²) in [4.78, 5) is 2.55. The molecule has 108 valence electrons. The minimum atomic E-state index is 0.326. The van der Waals surface area contributed by atoms with Gasteiger partial charge >= 0.3 is 0 Å². The Bertz CT molecular complexity index is 244. The second-order valence-electron chi connectivity index (χ2n) is 7.41. The van der Waals surface area contributed by atoms with Gasteiger partial charge in [-0.15, -0.1) is 0 Å². The zero-order chi connectivity index (χ0) is 13.9. The van der Waals surface area contributed by atoms with Crippen LogP contribution >= 0.6 is 0 Å². The molecule has 4 unspecified atom stereocenters. The number of hydrogen-bond acceptors (Lipinski definition) is 2.